The zero-order valence-electron chi connectivity index (χ0n) is 7.96. The molecule has 0 fully saturated rings. The molecule has 0 heterocycles. The Balaban J connectivity index is 3.09. The largest absolute Gasteiger partial charge is 0.393 e. The van der Waals surface area contributed by atoms with Gasteiger partial charge in [0.2, 0.25) is 0 Å². The van der Waals surface area contributed by atoms with Crippen molar-refractivity contribution in [2.24, 2.45) is 0 Å². The Bertz CT molecular complexity index is 102. The lowest BCUT2D eigenvalue weighted by atomic mass is 10.1. The molecule has 2 heteroatoms. The zero-order chi connectivity index (χ0) is 9.23. The van der Waals surface area contributed by atoms with Crippen LogP contribution in [0.25, 0.3) is 0 Å². The van der Waals surface area contributed by atoms with E-state index in [-0.39, 0.29) is 6.10 Å². The van der Waals surface area contributed by atoms with Crippen LogP contribution in [0.5, 0.6) is 0 Å². The maximum atomic E-state index is 9.41. The Hall–Kier alpha value is -0.340. The quantitative estimate of drug-likeness (QED) is 0.449. The van der Waals surface area contributed by atoms with Crippen molar-refractivity contribution in [3.05, 3.63) is 12.7 Å². The highest BCUT2D eigenvalue weighted by Gasteiger charge is 2.01. The number of hydrogen-bond donors (Lipinski definition) is 1. The summed E-state index contributed by atoms with van der Waals surface area (Å²) in [6.07, 6.45) is 6.47. The van der Waals surface area contributed by atoms with Crippen molar-refractivity contribution in [1.29, 1.82) is 0 Å². The molecule has 0 saturated carbocycles. The van der Waals surface area contributed by atoms with Crippen molar-refractivity contribution < 1.29 is 9.84 Å². The number of aliphatic hydroxyl groups excluding tert-OH is 1. The fraction of sp³-hybridized carbons (Fsp3) is 0.800. The summed E-state index contributed by atoms with van der Waals surface area (Å²) in [7, 11) is 1.68. The summed E-state index contributed by atoms with van der Waals surface area (Å²) in [5.74, 6) is 0. The van der Waals surface area contributed by atoms with Gasteiger partial charge in [0.25, 0.3) is 0 Å². The molecule has 0 aromatic rings. The average molecular weight is 172 g/mol. The number of methoxy groups -OCH3 is 1. The molecule has 0 rings (SSSR count). The van der Waals surface area contributed by atoms with Gasteiger partial charge in [-0.25, -0.2) is 0 Å². The molecule has 0 aliphatic carbocycles. The highest BCUT2D eigenvalue weighted by molar-refractivity contribution is 4.67. The Labute approximate surface area is 75.2 Å². The number of hydrogen-bond acceptors (Lipinski definition) is 2. The van der Waals surface area contributed by atoms with Gasteiger partial charge in [-0.2, -0.15) is 0 Å². The predicted molar refractivity (Wildman–Crippen MR) is 51.2 cm³/mol. The lowest BCUT2D eigenvalue weighted by molar-refractivity contribution is 0.127. The Morgan fingerprint density at radius 2 is 2.08 bits per heavy atom. The van der Waals surface area contributed by atoms with E-state index < -0.39 is 0 Å². The van der Waals surface area contributed by atoms with Crippen LogP contribution in [0.1, 0.15) is 32.1 Å². The zero-order valence-corrected chi connectivity index (χ0v) is 7.96. The molecule has 0 aromatic heterocycles. The first-order valence-corrected chi connectivity index (χ1v) is 4.59. The Morgan fingerprint density at radius 1 is 1.42 bits per heavy atom. The minimum absolute atomic E-state index is 0.153. The van der Waals surface area contributed by atoms with E-state index in [2.05, 4.69) is 6.58 Å². The lowest BCUT2D eigenvalue weighted by Gasteiger charge is -2.08. The smallest absolute Gasteiger partial charge is 0.0541 e. The molecule has 0 aliphatic rings. The summed E-state index contributed by atoms with van der Waals surface area (Å²) in [6.45, 7) is 4.38. The van der Waals surface area contributed by atoms with Crippen molar-refractivity contribution in [3.63, 3.8) is 0 Å². The normalized spacial score (nSPS) is 12.8. The van der Waals surface area contributed by atoms with Gasteiger partial charge in [-0.1, -0.05) is 6.08 Å². The van der Waals surface area contributed by atoms with Gasteiger partial charge >= 0.3 is 0 Å². The topological polar surface area (TPSA) is 29.5 Å². The molecule has 1 N–H and O–H groups in total. The van der Waals surface area contributed by atoms with Gasteiger partial charge in [-0.3, -0.25) is 0 Å². The molecule has 12 heavy (non-hydrogen) atoms. The molecule has 0 saturated heterocycles. The standard InChI is InChI=1S/C10H20O2/c1-3-4-5-7-10(11)8-6-9-12-2/h3,10-11H,1,4-9H2,2H3. The van der Waals surface area contributed by atoms with Crippen molar-refractivity contribution >= 4 is 0 Å². The molecule has 1 unspecified atom stereocenters. The molecular weight excluding hydrogens is 152 g/mol. The second-order valence-corrected chi connectivity index (χ2v) is 3.01. The second-order valence-electron chi connectivity index (χ2n) is 3.01. The van der Waals surface area contributed by atoms with E-state index in [9.17, 15) is 5.11 Å². The van der Waals surface area contributed by atoms with Crippen LogP contribution < -0.4 is 0 Å². The van der Waals surface area contributed by atoms with Crippen molar-refractivity contribution in [2.75, 3.05) is 13.7 Å². The van der Waals surface area contributed by atoms with Gasteiger partial charge in [0, 0.05) is 13.7 Å². The molecule has 1 atom stereocenters. The third-order valence-corrected chi connectivity index (χ3v) is 1.83. The first kappa shape index (κ1) is 11.7. The summed E-state index contributed by atoms with van der Waals surface area (Å²) in [5, 5.41) is 9.41. The molecule has 0 aliphatic heterocycles. The summed E-state index contributed by atoms with van der Waals surface area (Å²) in [5.41, 5.74) is 0. The Morgan fingerprint density at radius 3 is 2.67 bits per heavy atom. The number of rotatable bonds is 8. The van der Waals surface area contributed by atoms with Crippen LogP contribution in [-0.4, -0.2) is 24.9 Å². The summed E-state index contributed by atoms with van der Waals surface area (Å²) in [4.78, 5) is 0. The molecule has 72 valence electrons. The maximum Gasteiger partial charge on any atom is 0.0541 e. The first-order chi connectivity index (χ1) is 5.81. The van der Waals surface area contributed by atoms with Gasteiger partial charge in [0.05, 0.1) is 6.10 Å². The van der Waals surface area contributed by atoms with E-state index >= 15 is 0 Å². The summed E-state index contributed by atoms with van der Waals surface area (Å²) < 4.78 is 4.89. The molecule has 0 radical (unpaired) electrons. The Kier molecular flexibility index (Phi) is 8.51. The van der Waals surface area contributed by atoms with Crippen LogP contribution in [0.3, 0.4) is 0 Å². The highest BCUT2D eigenvalue weighted by atomic mass is 16.5. The van der Waals surface area contributed by atoms with Crippen LogP contribution in [0.15, 0.2) is 12.7 Å². The van der Waals surface area contributed by atoms with Gasteiger partial charge in [-0.15, -0.1) is 6.58 Å². The maximum absolute atomic E-state index is 9.41. The monoisotopic (exact) mass is 172 g/mol. The lowest BCUT2D eigenvalue weighted by Crippen LogP contribution is -2.07. The second kappa shape index (κ2) is 8.75. The minimum Gasteiger partial charge on any atom is -0.393 e. The number of unbranched alkanes of at least 4 members (excludes halogenated alkanes) is 1. The molecule has 0 bridgehead atoms. The van der Waals surface area contributed by atoms with Gasteiger partial charge in [0.15, 0.2) is 0 Å². The summed E-state index contributed by atoms with van der Waals surface area (Å²) in [6, 6.07) is 0. The van der Waals surface area contributed by atoms with Crippen molar-refractivity contribution in [3.8, 4) is 0 Å². The van der Waals surface area contributed by atoms with Crippen LogP contribution in [0, 0.1) is 0 Å². The molecule has 0 amide bonds. The van der Waals surface area contributed by atoms with E-state index in [0.29, 0.717) is 0 Å². The SMILES string of the molecule is C=CCCCC(O)CCCOC. The van der Waals surface area contributed by atoms with Crippen LogP contribution in [0.4, 0.5) is 0 Å². The fourth-order valence-corrected chi connectivity index (χ4v) is 1.11. The molecular formula is C10H20O2. The molecule has 2 nitrogen and oxygen atoms in total. The fourth-order valence-electron chi connectivity index (χ4n) is 1.11. The van der Waals surface area contributed by atoms with Crippen molar-refractivity contribution in [2.45, 2.75) is 38.2 Å². The number of aliphatic hydroxyl groups is 1. The number of ether oxygens (including phenoxy) is 1. The van der Waals surface area contributed by atoms with E-state index in [0.717, 1.165) is 38.7 Å². The predicted octanol–water partition coefficient (Wildman–Crippen LogP) is 2.13. The molecule has 0 aromatic carbocycles. The van der Waals surface area contributed by atoms with Crippen LogP contribution in [-0.2, 0) is 4.74 Å². The number of allylic oxidation sites excluding steroid dienone is 1. The van der Waals surface area contributed by atoms with E-state index in [1.54, 1.807) is 7.11 Å². The van der Waals surface area contributed by atoms with Crippen LogP contribution in [0.2, 0.25) is 0 Å². The minimum atomic E-state index is -0.153. The third-order valence-electron chi connectivity index (χ3n) is 1.83. The van der Waals surface area contributed by atoms with Gasteiger partial charge in [-0.05, 0) is 32.1 Å². The van der Waals surface area contributed by atoms with E-state index in [1.165, 1.54) is 0 Å². The first-order valence-electron chi connectivity index (χ1n) is 4.59. The molecule has 0 spiro atoms. The van der Waals surface area contributed by atoms with Crippen LogP contribution >= 0.6 is 0 Å². The van der Waals surface area contributed by atoms with Crippen molar-refractivity contribution in [1.82, 2.24) is 0 Å². The van der Waals surface area contributed by atoms with E-state index in [1.807, 2.05) is 6.08 Å². The highest BCUT2D eigenvalue weighted by Crippen LogP contribution is 2.06. The van der Waals surface area contributed by atoms with Gasteiger partial charge in [0.1, 0.15) is 0 Å². The average Bonchev–Trinajstić information content (AvgIpc) is 2.06. The van der Waals surface area contributed by atoms with Gasteiger partial charge < -0.3 is 9.84 Å². The summed E-state index contributed by atoms with van der Waals surface area (Å²) >= 11 is 0. The third kappa shape index (κ3) is 7.76. The van der Waals surface area contributed by atoms with E-state index in [4.69, 9.17) is 4.74 Å².